The maximum absolute atomic E-state index is 11.3. The third-order valence-corrected chi connectivity index (χ3v) is 2.61. The summed E-state index contributed by atoms with van der Waals surface area (Å²) >= 11 is 0. The third-order valence-electron chi connectivity index (χ3n) is 2.61. The molecule has 13 heavy (non-hydrogen) atoms. The molecule has 70 valence electrons. The number of amides is 2. The van der Waals surface area contributed by atoms with Crippen molar-refractivity contribution >= 4 is 11.8 Å². The summed E-state index contributed by atoms with van der Waals surface area (Å²) in [5.41, 5.74) is 0.943. The monoisotopic (exact) mass is 179 g/mol. The predicted molar refractivity (Wildman–Crippen MR) is 47.6 cm³/mol. The number of carbonyl (C=O) groups is 2. The van der Waals surface area contributed by atoms with Crippen molar-refractivity contribution in [1.82, 2.24) is 4.90 Å². The maximum Gasteiger partial charge on any atom is 0.234 e. The Kier molecular flexibility index (Phi) is 2.17. The standard InChI is InChI=1S/C10H13NO2/c12-9-6-7-10(13)11(9)8-4-2-1-3-5-8/h4H,1-3,5-7H2. The molecular weight excluding hydrogens is 166 g/mol. The van der Waals surface area contributed by atoms with E-state index in [1.807, 2.05) is 6.08 Å². The van der Waals surface area contributed by atoms with E-state index in [4.69, 9.17) is 0 Å². The van der Waals surface area contributed by atoms with Crippen molar-refractivity contribution in [2.24, 2.45) is 0 Å². The molecular formula is C10H13NO2. The molecule has 3 nitrogen and oxygen atoms in total. The minimum absolute atomic E-state index is 0.0156. The smallest absolute Gasteiger partial charge is 0.234 e. The molecule has 0 aromatic carbocycles. The van der Waals surface area contributed by atoms with Gasteiger partial charge in [0.15, 0.2) is 0 Å². The molecule has 1 heterocycles. The fourth-order valence-electron chi connectivity index (χ4n) is 1.92. The molecule has 1 fully saturated rings. The first-order chi connectivity index (χ1) is 6.29. The van der Waals surface area contributed by atoms with Crippen molar-refractivity contribution in [2.45, 2.75) is 38.5 Å². The van der Waals surface area contributed by atoms with E-state index in [9.17, 15) is 9.59 Å². The molecule has 1 aliphatic carbocycles. The molecule has 0 spiro atoms. The minimum atomic E-state index is -0.0156. The molecule has 1 aliphatic heterocycles. The Morgan fingerprint density at radius 1 is 1.00 bits per heavy atom. The van der Waals surface area contributed by atoms with Crippen LogP contribution in [0.4, 0.5) is 0 Å². The van der Waals surface area contributed by atoms with E-state index in [1.54, 1.807) is 0 Å². The lowest BCUT2D eigenvalue weighted by Crippen LogP contribution is -2.29. The lowest BCUT2D eigenvalue weighted by atomic mass is 10.0. The minimum Gasteiger partial charge on any atom is -0.274 e. The van der Waals surface area contributed by atoms with Crippen LogP contribution in [0.5, 0.6) is 0 Å². The average molecular weight is 179 g/mol. The summed E-state index contributed by atoms with van der Waals surface area (Å²) in [7, 11) is 0. The molecule has 0 radical (unpaired) electrons. The van der Waals surface area contributed by atoms with Crippen LogP contribution in [-0.2, 0) is 9.59 Å². The van der Waals surface area contributed by atoms with Crippen LogP contribution in [0.2, 0.25) is 0 Å². The SMILES string of the molecule is O=C1CCC(=O)N1C1=CCCCC1. The van der Waals surface area contributed by atoms with Gasteiger partial charge in [0.05, 0.1) is 0 Å². The van der Waals surface area contributed by atoms with Gasteiger partial charge >= 0.3 is 0 Å². The zero-order valence-corrected chi connectivity index (χ0v) is 7.58. The summed E-state index contributed by atoms with van der Waals surface area (Å²) in [6.45, 7) is 0. The second-order valence-corrected chi connectivity index (χ2v) is 3.56. The maximum atomic E-state index is 11.3. The molecule has 1 saturated heterocycles. The van der Waals surface area contributed by atoms with Gasteiger partial charge in [-0.05, 0) is 25.7 Å². The van der Waals surface area contributed by atoms with Crippen molar-refractivity contribution in [3.8, 4) is 0 Å². The lowest BCUT2D eigenvalue weighted by molar-refractivity contribution is -0.136. The normalized spacial score (nSPS) is 23.7. The fraction of sp³-hybridized carbons (Fsp3) is 0.600. The molecule has 0 aromatic heterocycles. The second kappa shape index (κ2) is 3.32. The van der Waals surface area contributed by atoms with Crippen LogP contribution >= 0.6 is 0 Å². The van der Waals surface area contributed by atoms with Crippen molar-refractivity contribution in [2.75, 3.05) is 0 Å². The van der Waals surface area contributed by atoms with Crippen LogP contribution in [0.25, 0.3) is 0 Å². The van der Waals surface area contributed by atoms with Crippen LogP contribution in [0.1, 0.15) is 38.5 Å². The highest BCUT2D eigenvalue weighted by molar-refractivity contribution is 6.03. The highest BCUT2D eigenvalue weighted by atomic mass is 16.2. The van der Waals surface area contributed by atoms with E-state index in [1.165, 1.54) is 11.3 Å². The van der Waals surface area contributed by atoms with E-state index >= 15 is 0 Å². The van der Waals surface area contributed by atoms with E-state index in [0.29, 0.717) is 12.8 Å². The van der Waals surface area contributed by atoms with Gasteiger partial charge in [-0.15, -0.1) is 0 Å². The van der Waals surface area contributed by atoms with Crippen LogP contribution < -0.4 is 0 Å². The van der Waals surface area contributed by atoms with Gasteiger partial charge in [-0.3, -0.25) is 14.5 Å². The largest absolute Gasteiger partial charge is 0.274 e. The molecule has 0 N–H and O–H groups in total. The van der Waals surface area contributed by atoms with E-state index < -0.39 is 0 Å². The first-order valence-corrected chi connectivity index (χ1v) is 4.84. The zero-order valence-electron chi connectivity index (χ0n) is 7.58. The van der Waals surface area contributed by atoms with Gasteiger partial charge in [0.1, 0.15) is 0 Å². The van der Waals surface area contributed by atoms with E-state index in [2.05, 4.69) is 0 Å². The van der Waals surface area contributed by atoms with Gasteiger partial charge in [-0.1, -0.05) is 6.08 Å². The summed E-state index contributed by atoms with van der Waals surface area (Å²) in [4.78, 5) is 24.1. The van der Waals surface area contributed by atoms with Crippen molar-refractivity contribution in [3.63, 3.8) is 0 Å². The molecule has 2 rings (SSSR count). The Hall–Kier alpha value is -1.12. The van der Waals surface area contributed by atoms with Crippen molar-refractivity contribution in [1.29, 1.82) is 0 Å². The number of nitrogens with zero attached hydrogens (tertiary/aromatic N) is 1. The van der Waals surface area contributed by atoms with Gasteiger partial charge in [-0.25, -0.2) is 0 Å². The van der Waals surface area contributed by atoms with Gasteiger partial charge in [0, 0.05) is 18.5 Å². The topological polar surface area (TPSA) is 37.4 Å². The number of allylic oxidation sites excluding steroid dienone is 2. The van der Waals surface area contributed by atoms with E-state index in [-0.39, 0.29) is 11.8 Å². The summed E-state index contributed by atoms with van der Waals surface area (Å²) in [5.74, 6) is -0.0312. The Balaban J connectivity index is 2.18. The molecule has 0 aromatic rings. The molecule has 3 heteroatoms. The van der Waals surface area contributed by atoms with Crippen LogP contribution in [0.15, 0.2) is 11.8 Å². The molecule has 2 aliphatic rings. The molecule has 2 amide bonds. The first kappa shape index (κ1) is 8.48. The average Bonchev–Trinajstić information content (AvgIpc) is 2.48. The number of rotatable bonds is 1. The molecule has 0 saturated carbocycles. The Morgan fingerprint density at radius 3 is 2.23 bits per heavy atom. The molecule has 0 bridgehead atoms. The summed E-state index contributed by atoms with van der Waals surface area (Å²) in [6, 6.07) is 0. The Morgan fingerprint density at radius 2 is 1.69 bits per heavy atom. The Labute approximate surface area is 77.4 Å². The van der Waals surface area contributed by atoms with Crippen LogP contribution in [-0.4, -0.2) is 16.7 Å². The number of imide groups is 1. The summed E-state index contributed by atoms with van der Waals surface area (Å²) in [6.07, 6.45) is 7.00. The lowest BCUT2D eigenvalue weighted by Gasteiger charge is -2.20. The number of hydrogen-bond donors (Lipinski definition) is 0. The van der Waals surface area contributed by atoms with Crippen molar-refractivity contribution in [3.05, 3.63) is 11.8 Å². The van der Waals surface area contributed by atoms with Crippen LogP contribution in [0, 0.1) is 0 Å². The van der Waals surface area contributed by atoms with Gasteiger partial charge in [0.2, 0.25) is 11.8 Å². The van der Waals surface area contributed by atoms with Gasteiger partial charge < -0.3 is 0 Å². The van der Waals surface area contributed by atoms with Crippen LogP contribution in [0.3, 0.4) is 0 Å². The number of hydrogen-bond acceptors (Lipinski definition) is 2. The second-order valence-electron chi connectivity index (χ2n) is 3.56. The molecule has 0 atom stereocenters. The van der Waals surface area contributed by atoms with Gasteiger partial charge in [0.25, 0.3) is 0 Å². The molecule has 0 unspecified atom stereocenters. The third kappa shape index (κ3) is 1.50. The van der Waals surface area contributed by atoms with Crippen molar-refractivity contribution < 1.29 is 9.59 Å². The highest BCUT2D eigenvalue weighted by Crippen LogP contribution is 2.25. The number of likely N-dealkylation sites (tertiary alicyclic amines) is 1. The predicted octanol–water partition coefficient (Wildman–Crippen LogP) is 1.59. The quantitative estimate of drug-likeness (QED) is 0.573. The van der Waals surface area contributed by atoms with Gasteiger partial charge in [-0.2, -0.15) is 0 Å². The summed E-state index contributed by atoms with van der Waals surface area (Å²) < 4.78 is 0. The van der Waals surface area contributed by atoms with E-state index in [0.717, 1.165) is 25.0 Å². The zero-order chi connectivity index (χ0) is 9.26. The number of carbonyl (C=O) groups excluding carboxylic acids is 2. The first-order valence-electron chi connectivity index (χ1n) is 4.84. The Bertz CT molecular complexity index is 265. The fourth-order valence-corrected chi connectivity index (χ4v) is 1.92. The highest BCUT2D eigenvalue weighted by Gasteiger charge is 2.31. The summed E-state index contributed by atoms with van der Waals surface area (Å²) in [5, 5.41) is 0.